The first-order valence-corrected chi connectivity index (χ1v) is 7.97. The van der Waals surface area contributed by atoms with Crippen molar-refractivity contribution in [3.8, 4) is 11.5 Å². The number of methoxy groups -OCH3 is 2. The van der Waals surface area contributed by atoms with Gasteiger partial charge in [0.1, 0.15) is 11.5 Å². The standard InChI is InChI=1S/C17H18BrClO2/c1-20-14-7-3-12(4-8-14)5-9-16(19)13-6-10-17(21-2)15(18)11-13/h3-4,6-8,10-11,16H,5,9H2,1-2H3. The minimum absolute atomic E-state index is 0.0192. The zero-order chi connectivity index (χ0) is 15.2. The number of hydrogen-bond donors (Lipinski definition) is 0. The molecule has 0 aliphatic carbocycles. The minimum Gasteiger partial charge on any atom is -0.497 e. The number of rotatable bonds is 6. The van der Waals surface area contributed by atoms with Gasteiger partial charge >= 0.3 is 0 Å². The molecule has 0 radical (unpaired) electrons. The maximum Gasteiger partial charge on any atom is 0.133 e. The van der Waals surface area contributed by atoms with Crippen LogP contribution in [0.1, 0.15) is 22.9 Å². The molecule has 1 atom stereocenters. The minimum atomic E-state index is -0.0192. The lowest BCUT2D eigenvalue weighted by Crippen LogP contribution is -1.95. The molecule has 0 amide bonds. The van der Waals surface area contributed by atoms with Crippen LogP contribution in [0, 0.1) is 0 Å². The Morgan fingerprint density at radius 3 is 2.33 bits per heavy atom. The number of benzene rings is 2. The molecule has 112 valence electrons. The maximum atomic E-state index is 6.50. The molecule has 2 nitrogen and oxygen atoms in total. The highest BCUT2D eigenvalue weighted by atomic mass is 79.9. The van der Waals surface area contributed by atoms with Crippen LogP contribution in [0.15, 0.2) is 46.9 Å². The summed E-state index contributed by atoms with van der Waals surface area (Å²) in [5.74, 6) is 1.69. The van der Waals surface area contributed by atoms with Crippen LogP contribution >= 0.6 is 27.5 Å². The molecule has 4 heteroatoms. The highest BCUT2D eigenvalue weighted by molar-refractivity contribution is 9.10. The Hall–Kier alpha value is -1.19. The van der Waals surface area contributed by atoms with Crippen molar-refractivity contribution in [2.75, 3.05) is 14.2 Å². The first kappa shape index (κ1) is 16.2. The fourth-order valence-electron chi connectivity index (χ4n) is 2.13. The van der Waals surface area contributed by atoms with Gasteiger partial charge < -0.3 is 9.47 Å². The van der Waals surface area contributed by atoms with Crippen LogP contribution < -0.4 is 9.47 Å². The maximum absolute atomic E-state index is 6.50. The van der Waals surface area contributed by atoms with E-state index in [1.165, 1.54) is 5.56 Å². The predicted molar refractivity (Wildman–Crippen MR) is 90.6 cm³/mol. The Morgan fingerprint density at radius 1 is 1.05 bits per heavy atom. The van der Waals surface area contributed by atoms with Crippen LogP contribution in [0.3, 0.4) is 0 Å². The average Bonchev–Trinajstić information content (AvgIpc) is 2.53. The summed E-state index contributed by atoms with van der Waals surface area (Å²) in [6.45, 7) is 0. The molecular weight excluding hydrogens is 352 g/mol. The molecule has 0 aliphatic heterocycles. The van der Waals surface area contributed by atoms with Crippen LogP contribution in [0.5, 0.6) is 11.5 Å². The molecule has 0 saturated carbocycles. The van der Waals surface area contributed by atoms with E-state index in [-0.39, 0.29) is 5.38 Å². The second-order valence-corrected chi connectivity index (χ2v) is 6.13. The van der Waals surface area contributed by atoms with E-state index in [9.17, 15) is 0 Å². The molecule has 1 unspecified atom stereocenters. The monoisotopic (exact) mass is 368 g/mol. The molecule has 0 aliphatic rings. The smallest absolute Gasteiger partial charge is 0.133 e. The Balaban J connectivity index is 1.97. The molecule has 2 aromatic rings. The molecule has 21 heavy (non-hydrogen) atoms. The van der Waals surface area contributed by atoms with Crippen molar-refractivity contribution in [1.29, 1.82) is 0 Å². The first-order chi connectivity index (χ1) is 10.1. The number of alkyl halides is 1. The Morgan fingerprint density at radius 2 is 1.76 bits per heavy atom. The SMILES string of the molecule is COc1ccc(CCC(Cl)c2ccc(OC)c(Br)c2)cc1. The van der Waals surface area contributed by atoms with E-state index in [0.29, 0.717) is 0 Å². The molecule has 0 N–H and O–H groups in total. The molecule has 0 saturated heterocycles. The molecule has 0 bridgehead atoms. The fraction of sp³-hybridized carbons (Fsp3) is 0.294. The Bertz CT molecular complexity index is 584. The summed E-state index contributed by atoms with van der Waals surface area (Å²) in [4.78, 5) is 0. The van der Waals surface area contributed by atoms with E-state index in [4.69, 9.17) is 21.1 Å². The molecule has 0 spiro atoms. The molecule has 2 aromatic carbocycles. The van der Waals surface area contributed by atoms with Gasteiger partial charge in [0.25, 0.3) is 0 Å². The Labute approximate surface area is 139 Å². The third kappa shape index (κ3) is 4.39. The second-order valence-electron chi connectivity index (χ2n) is 4.75. The van der Waals surface area contributed by atoms with Gasteiger partial charge in [-0.2, -0.15) is 0 Å². The van der Waals surface area contributed by atoms with Gasteiger partial charge in [-0.1, -0.05) is 18.2 Å². The van der Waals surface area contributed by atoms with E-state index in [0.717, 1.165) is 34.4 Å². The van der Waals surface area contributed by atoms with Crippen molar-refractivity contribution in [1.82, 2.24) is 0 Å². The van der Waals surface area contributed by atoms with E-state index < -0.39 is 0 Å². The van der Waals surface area contributed by atoms with Crippen molar-refractivity contribution in [3.63, 3.8) is 0 Å². The fourth-order valence-corrected chi connectivity index (χ4v) is 2.93. The molecule has 0 fully saturated rings. The lowest BCUT2D eigenvalue weighted by atomic mass is 10.0. The largest absolute Gasteiger partial charge is 0.497 e. The lowest BCUT2D eigenvalue weighted by molar-refractivity contribution is 0.412. The molecular formula is C17H18BrClO2. The van der Waals surface area contributed by atoms with Gasteiger partial charge in [-0.25, -0.2) is 0 Å². The highest BCUT2D eigenvalue weighted by Gasteiger charge is 2.10. The number of halogens is 2. The third-order valence-electron chi connectivity index (χ3n) is 3.38. The van der Waals surface area contributed by atoms with Gasteiger partial charge in [0.15, 0.2) is 0 Å². The molecule has 0 aromatic heterocycles. The average molecular weight is 370 g/mol. The normalized spacial score (nSPS) is 12.0. The van der Waals surface area contributed by atoms with Gasteiger partial charge in [-0.15, -0.1) is 11.6 Å². The summed E-state index contributed by atoms with van der Waals surface area (Å²) in [5, 5.41) is -0.0192. The summed E-state index contributed by atoms with van der Waals surface area (Å²) in [6.07, 6.45) is 1.81. The van der Waals surface area contributed by atoms with Crippen molar-refractivity contribution in [2.24, 2.45) is 0 Å². The zero-order valence-electron chi connectivity index (χ0n) is 12.1. The second kappa shape index (κ2) is 7.71. The van der Waals surface area contributed by atoms with Crippen molar-refractivity contribution < 1.29 is 9.47 Å². The zero-order valence-corrected chi connectivity index (χ0v) is 14.4. The topological polar surface area (TPSA) is 18.5 Å². The van der Waals surface area contributed by atoms with Gasteiger partial charge in [-0.3, -0.25) is 0 Å². The highest BCUT2D eigenvalue weighted by Crippen LogP contribution is 2.32. The van der Waals surface area contributed by atoms with Crippen LogP contribution in [-0.2, 0) is 6.42 Å². The van der Waals surface area contributed by atoms with Gasteiger partial charge in [0.05, 0.1) is 24.1 Å². The summed E-state index contributed by atoms with van der Waals surface area (Å²) in [7, 11) is 3.33. The lowest BCUT2D eigenvalue weighted by Gasteiger charge is -2.12. The van der Waals surface area contributed by atoms with E-state index in [2.05, 4.69) is 28.1 Å². The molecule has 2 rings (SSSR count). The quantitative estimate of drug-likeness (QED) is 0.636. The molecule has 0 heterocycles. The van der Waals surface area contributed by atoms with Crippen molar-refractivity contribution in [2.45, 2.75) is 18.2 Å². The van der Waals surface area contributed by atoms with Crippen LogP contribution in [0.2, 0.25) is 0 Å². The van der Waals surface area contributed by atoms with Crippen LogP contribution in [0.25, 0.3) is 0 Å². The summed E-state index contributed by atoms with van der Waals surface area (Å²) >= 11 is 9.99. The number of aryl methyl sites for hydroxylation is 1. The van der Waals surface area contributed by atoms with Crippen molar-refractivity contribution >= 4 is 27.5 Å². The van der Waals surface area contributed by atoms with Crippen molar-refractivity contribution in [3.05, 3.63) is 58.1 Å². The summed E-state index contributed by atoms with van der Waals surface area (Å²) < 4.78 is 11.3. The van der Waals surface area contributed by atoms with Gasteiger partial charge in [-0.05, 0) is 64.2 Å². The first-order valence-electron chi connectivity index (χ1n) is 6.74. The summed E-state index contributed by atoms with van der Waals surface area (Å²) in [6, 6.07) is 14.1. The van der Waals surface area contributed by atoms with Gasteiger partial charge in [0, 0.05) is 0 Å². The summed E-state index contributed by atoms with van der Waals surface area (Å²) in [5.41, 5.74) is 2.35. The van der Waals surface area contributed by atoms with Gasteiger partial charge in [0.2, 0.25) is 0 Å². The van der Waals surface area contributed by atoms with E-state index in [1.54, 1.807) is 14.2 Å². The van der Waals surface area contributed by atoms with E-state index in [1.807, 2.05) is 30.3 Å². The predicted octanol–water partition coefficient (Wildman–Crippen LogP) is 5.38. The Kier molecular flexibility index (Phi) is 5.95. The van der Waals surface area contributed by atoms with Crippen LogP contribution in [-0.4, -0.2) is 14.2 Å². The van der Waals surface area contributed by atoms with E-state index >= 15 is 0 Å². The number of hydrogen-bond acceptors (Lipinski definition) is 2. The van der Waals surface area contributed by atoms with Crippen LogP contribution in [0.4, 0.5) is 0 Å². The third-order valence-corrected chi connectivity index (χ3v) is 4.47. The number of ether oxygens (including phenoxy) is 2.